The van der Waals surface area contributed by atoms with Gasteiger partial charge in [-0.15, -0.1) is 0 Å². The summed E-state index contributed by atoms with van der Waals surface area (Å²) in [6.45, 7) is 2.18. The van der Waals surface area contributed by atoms with Crippen molar-refractivity contribution < 1.29 is 0 Å². The number of hydrogen-bond acceptors (Lipinski definition) is 0. The molecule has 0 fully saturated rings. The SMILES string of the molecule is CC1=Cc2c(ccc3c2CCC3)[CH]1. The molecule has 0 N–H and O–H groups in total. The monoisotopic (exact) mass is 169 g/mol. The summed E-state index contributed by atoms with van der Waals surface area (Å²) in [6.07, 6.45) is 8.54. The van der Waals surface area contributed by atoms with Gasteiger partial charge in [0.1, 0.15) is 0 Å². The van der Waals surface area contributed by atoms with Gasteiger partial charge in [0.15, 0.2) is 0 Å². The summed E-state index contributed by atoms with van der Waals surface area (Å²) in [5, 5.41) is 0. The lowest BCUT2D eigenvalue weighted by atomic mass is 10.00. The summed E-state index contributed by atoms with van der Waals surface area (Å²) in [7, 11) is 0. The molecule has 1 aromatic carbocycles. The largest absolute Gasteiger partial charge is 0.0642 e. The molecule has 2 aliphatic carbocycles. The Hall–Kier alpha value is -1.04. The van der Waals surface area contributed by atoms with E-state index >= 15 is 0 Å². The standard InChI is InChI=1S/C13H13/c1-9-7-11-6-5-10-3-2-4-12(10)13(11)8-9/h5-8H,2-4H2,1H3. The number of fused-ring (bicyclic) bond motifs is 3. The summed E-state index contributed by atoms with van der Waals surface area (Å²) in [6, 6.07) is 4.58. The van der Waals surface area contributed by atoms with Crippen LogP contribution in [-0.2, 0) is 12.8 Å². The minimum Gasteiger partial charge on any atom is -0.0642 e. The molecular weight excluding hydrogens is 156 g/mol. The van der Waals surface area contributed by atoms with Crippen molar-refractivity contribution in [3.8, 4) is 0 Å². The van der Waals surface area contributed by atoms with Gasteiger partial charge in [0.05, 0.1) is 0 Å². The Bertz CT molecular complexity index is 397. The van der Waals surface area contributed by atoms with Gasteiger partial charge in [-0.2, -0.15) is 0 Å². The Morgan fingerprint density at radius 1 is 1.15 bits per heavy atom. The minimum atomic E-state index is 1.29. The van der Waals surface area contributed by atoms with Crippen molar-refractivity contribution in [2.75, 3.05) is 0 Å². The first-order valence-electron chi connectivity index (χ1n) is 5.02. The molecule has 0 heterocycles. The van der Waals surface area contributed by atoms with E-state index in [1.165, 1.54) is 36.0 Å². The minimum absolute atomic E-state index is 1.29. The van der Waals surface area contributed by atoms with Gasteiger partial charge in [0.25, 0.3) is 0 Å². The van der Waals surface area contributed by atoms with Crippen molar-refractivity contribution in [3.05, 3.63) is 46.4 Å². The second-order valence-electron chi connectivity index (χ2n) is 4.09. The molecule has 0 saturated carbocycles. The third kappa shape index (κ3) is 0.980. The van der Waals surface area contributed by atoms with Crippen LogP contribution < -0.4 is 0 Å². The van der Waals surface area contributed by atoms with E-state index in [1.54, 1.807) is 11.1 Å². The van der Waals surface area contributed by atoms with Crippen molar-refractivity contribution >= 4 is 6.08 Å². The highest BCUT2D eigenvalue weighted by atomic mass is 14.2. The predicted molar refractivity (Wildman–Crippen MR) is 55.5 cm³/mol. The third-order valence-corrected chi connectivity index (χ3v) is 3.12. The lowest BCUT2D eigenvalue weighted by molar-refractivity contribution is 0.911. The van der Waals surface area contributed by atoms with Gasteiger partial charge >= 0.3 is 0 Å². The van der Waals surface area contributed by atoms with E-state index < -0.39 is 0 Å². The van der Waals surface area contributed by atoms with Crippen molar-refractivity contribution in [3.63, 3.8) is 0 Å². The average molecular weight is 169 g/mol. The van der Waals surface area contributed by atoms with Gasteiger partial charge in [-0.25, -0.2) is 0 Å². The predicted octanol–water partition coefficient (Wildman–Crippen LogP) is 3.14. The van der Waals surface area contributed by atoms with Crippen LogP contribution in [0.15, 0.2) is 17.7 Å². The maximum absolute atomic E-state index is 2.33. The molecule has 0 atom stereocenters. The number of allylic oxidation sites excluding steroid dienone is 1. The van der Waals surface area contributed by atoms with Crippen LogP contribution in [0.25, 0.3) is 6.08 Å². The molecule has 0 amide bonds. The van der Waals surface area contributed by atoms with E-state index in [1.807, 2.05) is 0 Å². The molecule has 65 valence electrons. The zero-order valence-electron chi connectivity index (χ0n) is 7.93. The van der Waals surface area contributed by atoms with Gasteiger partial charge in [-0.1, -0.05) is 23.8 Å². The Kier molecular flexibility index (Phi) is 1.40. The maximum atomic E-state index is 2.33. The number of rotatable bonds is 0. The fourth-order valence-electron chi connectivity index (χ4n) is 2.52. The topological polar surface area (TPSA) is 0 Å². The smallest absolute Gasteiger partial charge is 0.0161 e. The van der Waals surface area contributed by atoms with Crippen LogP contribution in [0.1, 0.15) is 35.6 Å². The Balaban J connectivity index is 2.25. The van der Waals surface area contributed by atoms with Crippen LogP contribution in [0.3, 0.4) is 0 Å². The summed E-state index contributed by atoms with van der Waals surface area (Å²) >= 11 is 0. The second-order valence-corrected chi connectivity index (χ2v) is 4.09. The lowest BCUT2D eigenvalue weighted by Gasteiger charge is -2.05. The molecule has 0 unspecified atom stereocenters. The molecule has 0 nitrogen and oxygen atoms in total. The molecule has 1 radical (unpaired) electrons. The molecule has 0 aliphatic heterocycles. The van der Waals surface area contributed by atoms with Gasteiger partial charge in [-0.05, 0) is 48.4 Å². The van der Waals surface area contributed by atoms with E-state index in [2.05, 4.69) is 31.6 Å². The van der Waals surface area contributed by atoms with Crippen LogP contribution in [0.5, 0.6) is 0 Å². The molecular formula is C13H13. The van der Waals surface area contributed by atoms with Crippen molar-refractivity contribution in [2.24, 2.45) is 0 Å². The first-order valence-corrected chi connectivity index (χ1v) is 5.02. The van der Waals surface area contributed by atoms with Gasteiger partial charge in [-0.3, -0.25) is 0 Å². The molecule has 13 heavy (non-hydrogen) atoms. The molecule has 0 saturated heterocycles. The fraction of sp³-hybridized carbons (Fsp3) is 0.308. The average Bonchev–Trinajstić information content (AvgIpc) is 2.65. The van der Waals surface area contributed by atoms with E-state index in [0.717, 1.165) is 0 Å². The van der Waals surface area contributed by atoms with Gasteiger partial charge in [0, 0.05) is 6.42 Å². The molecule has 1 aromatic rings. The van der Waals surface area contributed by atoms with Gasteiger partial charge in [0.2, 0.25) is 0 Å². The van der Waals surface area contributed by atoms with Crippen molar-refractivity contribution in [1.29, 1.82) is 0 Å². The molecule has 0 aromatic heterocycles. The Morgan fingerprint density at radius 2 is 2.08 bits per heavy atom. The quantitative estimate of drug-likeness (QED) is 0.559. The highest BCUT2D eigenvalue weighted by molar-refractivity contribution is 5.72. The molecule has 0 bridgehead atoms. The maximum Gasteiger partial charge on any atom is 0.0161 e. The summed E-state index contributed by atoms with van der Waals surface area (Å²) in [5.74, 6) is 0. The van der Waals surface area contributed by atoms with E-state index in [0.29, 0.717) is 0 Å². The summed E-state index contributed by atoms with van der Waals surface area (Å²) in [5.41, 5.74) is 7.53. The lowest BCUT2D eigenvalue weighted by Crippen LogP contribution is -1.89. The van der Waals surface area contributed by atoms with E-state index in [4.69, 9.17) is 0 Å². The number of aryl methyl sites for hydroxylation is 1. The normalized spacial score (nSPS) is 18.4. The first kappa shape index (κ1) is 7.37. The zero-order valence-corrected chi connectivity index (χ0v) is 7.93. The van der Waals surface area contributed by atoms with Crippen LogP contribution >= 0.6 is 0 Å². The highest BCUT2D eigenvalue weighted by Crippen LogP contribution is 2.35. The van der Waals surface area contributed by atoms with E-state index in [-0.39, 0.29) is 0 Å². The molecule has 0 heteroatoms. The Morgan fingerprint density at radius 3 is 3.00 bits per heavy atom. The van der Waals surface area contributed by atoms with Crippen LogP contribution in [0, 0.1) is 6.42 Å². The first-order chi connectivity index (χ1) is 6.34. The van der Waals surface area contributed by atoms with Crippen LogP contribution in [0.4, 0.5) is 0 Å². The summed E-state index contributed by atoms with van der Waals surface area (Å²) in [4.78, 5) is 0. The van der Waals surface area contributed by atoms with Crippen LogP contribution in [-0.4, -0.2) is 0 Å². The fourth-order valence-corrected chi connectivity index (χ4v) is 2.52. The van der Waals surface area contributed by atoms with E-state index in [9.17, 15) is 0 Å². The molecule has 3 rings (SSSR count). The Labute approximate surface area is 79.3 Å². The highest BCUT2D eigenvalue weighted by Gasteiger charge is 2.19. The number of benzene rings is 1. The third-order valence-electron chi connectivity index (χ3n) is 3.12. The summed E-state index contributed by atoms with van der Waals surface area (Å²) < 4.78 is 0. The number of hydrogen-bond donors (Lipinski definition) is 0. The van der Waals surface area contributed by atoms with Gasteiger partial charge < -0.3 is 0 Å². The second kappa shape index (κ2) is 2.47. The zero-order chi connectivity index (χ0) is 8.84. The van der Waals surface area contributed by atoms with Crippen LogP contribution in [0.2, 0.25) is 0 Å². The molecule has 0 spiro atoms. The van der Waals surface area contributed by atoms with Crippen molar-refractivity contribution in [2.45, 2.75) is 26.2 Å². The molecule has 2 aliphatic rings. The van der Waals surface area contributed by atoms with Crippen molar-refractivity contribution in [1.82, 2.24) is 0 Å².